The summed E-state index contributed by atoms with van der Waals surface area (Å²) >= 11 is 0. The molecule has 0 unspecified atom stereocenters. The quantitative estimate of drug-likeness (QED) is 0.864. The predicted molar refractivity (Wildman–Crippen MR) is 73.9 cm³/mol. The first-order valence-corrected chi connectivity index (χ1v) is 7.65. The number of sulfone groups is 1. The highest BCUT2D eigenvalue weighted by molar-refractivity contribution is 7.91. The number of anilines is 1. The molecule has 2 aromatic carbocycles. The average Bonchev–Trinajstić information content (AvgIpc) is 2.49. The number of rotatable bonds is 4. The SMILES string of the molecule is O=C(Nc1ccccc1S(=O)(=O)C(F)F)c1cc(F)ccc1F. The molecule has 2 rings (SSSR count). The lowest BCUT2D eigenvalue weighted by Gasteiger charge is -2.11. The van der Waals surface area contributed by atoms with Crippen LogP contribution < -0.4 is 5.32 Å². The van der Waals surface area contributed by atoms with Gasteiger partial charge in [-0.05, 0) is 30.3 Å². The van der Waals surface area contributed by atoms with Gasteiger partial charge in [-0.3, -0.25) is 4.79 Å². The molecule has 0 spiro atoms. The predicted octanol–water partition coefficient (Wildman–Crippen LogP) is 3.21. The number of hydrogen-bond acceptors (Lipinski definition) is 3. The minimum absolute atomic E-state index is 0.457. The molecule has 9 heteroatoms. The van der Waals surface area contributed by atoms with E-state index in [1.165, 1.54) is 12.1 Å². The highest BCUT2D eigenvalue weighted by atomic mass is 32.2. The number of hydrogen-bond donors (Lipinski definition) is 1. The van der Waals surface area contributed by atoms with E-state index in [9.17, 15) is 30.8 Å². The molecule has 0 heterocycles. The van der Waals surface area contributed by atoms with Gasteiger partial charge >= 0.3 is 5.76 Å². The van der Waals surface area contributed by atoms with E-state index in [4.69, 9.17) is 0 Å². The van der Waals surface area contributed by atoms with Gasteiger partial charge in [0, 0.05) is 0 Å². The minimum Gasteiger partial charge on any atom is -0.321 e. The number of amides is 1. The highest BCUT2D eigenvalue weighted by Crippen LogP contribution is 2.26. The van der Waals surface area contributed by atoms with Crippen LogP contribution in [-0.2, 0) is 9.84 Å². The maximum Gasteiger partial charge on any atom is 0.341 e. The van der Waals surface area contributed by atoms with E-state index in [1.54, 1.807) is 0 Å². The van der Waals surface area contributed by atoms with Gasteiger partial charge in [0.2, 0.25) is 9.84 Å². The summed E-state index contributed by atoms with van der Waals surface area (Å²) in [6.45, 7) is 0. The van der Waals surface area contributed by atoms with Crippen molar-refractivity contribution in [3.63, 3.8) is 0 Å². The van der Waals surface area contributed by atoms with Crippen LogP contribution in [0.3, 0.4) is 0 Å². The molecule has 1 amide bonds. The molecule has 4 nitrogen and oxygen atoms in total. The van der Waals surface area contributed by atoms with Crippen LogP contribution in [0.2, 0.25) is 0 Å². The molecule has 0 bridgehead atoms. The van der Waals surface area contributed by atoms with Gasteiger partial charge in [-0.15, -0.1) is 0 Å². The van der Waals surface area contributed by atoms with Crippen LogP contribution in [0.1, 0.15) is 10.4 Å². The standard InChI is InChI=1S/C14H9F4NO3S/c15-8-5-6-10(16)9(7-8)13(20)19-11-3-1-2-4-12(11)23(21,22)14(17)18/h1-7,14H,(H,19,20). The monoisotopic (exact) mass is 347 g/mol. The van der Waals surface area contributed by atoms with Crippen molar-refractivity contribution in [3.05, 3.63) is 59.7 Å². The Morgan fingerprint density at radius 3 is 2.35 bits per heavy atom. The zero-order valence-corrected chi connectivity index (χ0v) is 12.1. The fourth-order valence-corrected chi connectivity index (χ4v) is 2.66. The summed E-state index contributed by atoms with van der Waals surface area (Å²) in [5.74, 6) is -6.78. The molecule has 0 saturated heterocycles. The summed E-state index contributed by atoms with van der Waals surface area (Å²) in [6, 6.07) is 6.53. The fraction of sp³-hybridized carbons (Fsp3) is 0.0714. The van der Waals surface area contributed by atoms with Gasteiger partial charge in [-0.25, -0.2) is 17.2 Å². The van der Waals surface area contributed by atoms with Gasteiger partial charge in [0.05, 0.1) is 16.1 Å². The molecule has 23 heavy (non-hydrogen) atoms. The van der Waals surface area contributed by atoms with Crippen LogP contribution in [0.15, 0.2) is 47.4 Å². The minimum atomic E-state index is -4.97. The number of halogens is 4. The van der Waals surface area contributed by atoms with Crippen molar-refractivity contribution in [1.29, 1.82) is 0 Å². The van der Waals surface area contributed by atoms with Gasteiger partial charge in [0.1, 0.15) is 11.6 Å². The van der Waals surface area contributed by atoms with Crippen LogP contribution in [0.25, 0.3) is 0 Å². The lowest BCUT2D eigenvalue weighted by molar-refractivity contribution is 0.102. The first-order chi connectivity index (χ1) is 10.7. The highest BCUT2D eigenvalue weighted by Gasteiger charge is 2.29. The van der Waals surface area contributed by atoms with Crippen molar-refractivity contribution in [2.45, 2.75) is 10.7 Å². The third kappa shape index (κ3) is 3.50. The maximum atomic E-state index is 13.5. The molecule has 122 valence electrons. The number of nitrogens with one attached hydrogen (secondary N) is 1. The smallest absolute Gasteiger partial charge is 0.321 e. The second-order valence-electron chi connectivity index (χ2n) is 4.38. The second kappa shape index (κ2) is 6.37. The Kier molecular flexibility index (Phi) is 4.69. The third-order valence-corrected chi connectivity index (χ3v) is 4.29. The zero-order valence-electron chi connectivity index (χ0n) is 11.3. The summed E-state index contributed by atoms with van der Waals surface area (Å²) in [5, 5.41) is 2.00. The van der Waals surface area contributed by atoms with Crippen molar-refractivity contribution < 1.29 is 30.8 Å². The Morgan fingerprint density at radius 2 is 1.70 bits per heavy atom. The lowest BCUT2D eigenvalue weighted by Crippen LogP contribution is -2.18. The Morgan fingerprint density at radius 1 is 1.04 bits per heavy atom. The Bertz CT molecular complexity index is 853. The van der Waals surface area contributed by atoms with E-state index < -0.39 is 49.3 Å². The topological polar surface area (TPSA) is 63.2 Å². The van der Waals surface area contributed by atoms with E-state index in [0.717, 1.165) is 18.2 Å². The second-order valence-corrected chi connectivity index (χ2v) is 6.27. The van der Waals surface area contributed by atoms with Gasteiger partial charge in [-0.1, -0.05) is 12.1 Å². The number of benzene rings is 2. The Hall–Kier alpha value is -2.42. The molecule has 0 aromatic heterocycles. The summed E-state index contributed by atoms with van der Waals surface area (Å²) < 4.78 is 75.0. The van der Waals surface area contributed by atoms with Crippen LogP contribution >= 0.6 is 0 Å². The summed E-state index contributed by atoms with van der Waals surface area (Å²) in [7, 11) is -4.97. The van der Waals surface area contributed by atoms with Crippen molar-refractivity contribution >= 4 is 21.4 Å². The molecule has 1 N–H and O–H groups in total. The van der Waals surface area contributed by atoms with Gasteiger partial charge in [0.15, 0.2) is 0 Å². The van der Waals surface area contributed by atoms with E-state index in [2.05, 4.69) is 0 Å². The first kappa shape index (κ1) is 16.9. The molecule has 0 aliphatic rings. The van der Waals surface area contributed by atoms with Crippen LogP contribution in [-0.4, -0.2) is 20.1 Å². The summed E-state index contributed by atoms with van der Waals surface area (Å²) in [5.41, 5.74) is -1.14. The van der Waals surface area contributed by atoms with Crippen molar-refractivity contribution in [3.8, 4) is 0 Å². The van der Waals surface area contributed by atoms with Gasteiger partial charge < -0.3 is 5.32 Å². The lowest BCUT2D eigenvalue weighted by atomic mass is 10.2. The van der Waals surface area contributed by atoms with Crippen molar-refractivity contribution in [2.75, 3.05) is 5.32 Å². The maximum absolute atomic E-state index is 13.5. The fourth-order valence-electron chi connectivity index (χ4n) is 1.78. The van der Waals surface area contributed by atoms with Crippen molar-refractivity contribution in [1.82, 2.24) is 0 Å². The Balaban J connectivity index is 2.42. The molecule has 0 radical (unpaired) electrons. The van der Waals surface area contributed by atoms with Crippen molar-refractivity contribution in [2.24, 2.45) is 0 Å². The van der Waals surface area contributed by atoms with E-state index in [1.807, 2.05) is 5.32 Å². The molecule has 0 saturated carbocycles. The summed E-state index contributed by atoms with van der Waals surface area (Å²) in [6.07, 6.45) is 0. The van der Waals surface area contributed by atoms with Crippen LogP contribution in [0.5, 0.6) is 0 Å². The van der Waals surface area contributed by atoms with Gasteiger partial charge in [-0.2, -0.15) is 8.78 Å². The average molecular weight is 347 g/mol. The molecule has 0 fully saturated rings. The molecule has 2 aromatic rings. The zero-order chi connectivity index (χ0) is 17.2. The molecular weight excluding hydrogens is 338 g/mol. The molecule has 0 aliphatic carbocycles. The summed E-state index contributed by atoms with van der Waals surface area (Å²) in [4.78, 5) is 11.1. The number of alkyl halides is 2. The van der Waals surface area contributed by atoms with Crippen LogP contribution in [0, 0.1) is 11.6 Å². The number of para-hydroxylation sites is 1. The van der Waals surface area contributed by atoms with Crippen LogP contribution in [0.4, 0.5) is 23.2 Å². The van der Waals surface area contributed by atoms with Gasteiger partial charge in [0.25, 0.3) is 5.91 Å². The normalized spacial score (nSPS) is 11.5. The molecular formula is C14H9F4NO3S. The number of carbonyl (C=O) groups is 1. The number of carbonyl (C=O) groups excluding carboxylic acids is 1. The first-order valence-electron chi connectivity index (χ1n) is 6.11. The Labute approximate surface area is 128 Å². The third-order valence-electron chi connectivity index (χ3n) is 2.85. The van der Waals surface area contributed by atoms with E-state index in [-0.39, 0.29) is 0 Å². The van der Waals surface area contributed by atoms with E-state index >= 15 is 0 Å². The molecule has 0 atom stereocenters. The van der Waals surface area contributed by atoms with E-state index in [0.29, 0.717) is 12.1 Å². The largest absolute Gasteiger partial charge is 0.341 e. The molecule has 0 aliphatic heterocycles.